The molecule has 3 N–H and O–H groups in total. The number of hydrogen-bond acceptors (Lipinski definition) is 4. The minimum absolute atomic E-state index is 0.00311. The summed E-state index contributed by atoms with van der Waals surface area (Å²) in [4.78, 5) is 25.0. The Labute approximate surface area is 142 Å². The van der Waals surface area contributed by atoms with Crippen LogP contribution in [0.3, 0.4) is 0 Å². The minimum atomic E-state index is -2.96. The lowest BCUT2D eigenvalue weighted by molar-refractivity contribution is -0.133. The van der Waals surface area contributed by atoms with E-state index in [1.165, 1.54) is 18.2 Å². The number of anilines is 1. The van der Waals surface area contributed by atoms with Crippen LogP contribution in [-0.2, 0) is 9.59 Å². The second-order valence-corrected chi connectivity index (χ2v) is 5.87. The summed E-state index contributed by atoms with van der Waals surface area (Å²) in [5.41, 5.74) is 5.79. The van der Waals surface area contributed by atoms with E-state index >= 15 is 0 Å². The number of carbonyl (C=O) groups excluding carboxylic acids is 2. The van der Waals surface area contributed by atoms with Crippen molar-refractivity contribution in [1.29, 1.82) is 0 Å². The lowest BCUT2D eigenvalue weighted by atomic mass is 9.97. The molecule has 24 heavy (non-hydrogen) atoms. The minimum Gasteiger partial charge on any atom is -0.433 e. The molecule has 0 saturated carbocycles. The van der Waals surface area contributed by atoms with Gasteiger partial charge in [0.25, 0.3) is 0 Å². The van der Waals surface area contributed by atoms with Crippen molar-refractivity contribution in [3.8, 4) is 5.75 Å². The molecule has 9 heteroatoms. The molecular formula is C15H18ClF2N3O3. The molecule has 1 atom stereocenters. The molecule has 1 aliphatic rings. The summed E-state index contributed by atoms with van der Waals surface area (Å²) in [7, 11) is 0. The van der Waals surface area contributed by atoms with E-state index in [1.54, 1.807) is 4.90 Å². The number of piperidine rings is 1. The van der Waals surface area contributed by atoms with Crippen molar-refractivity contribution in [3.05, 3.63) is 23.2 Å². The monoisotopic (exact) mass is 361 g/mol. The van der Waals surface area contributed by atoms with Crippen LogP contribution in [-0.4, -0.2) is 43.0 Å². The first-order chi connectivity index (χ1) is 11.4. The lowest BCUT2D eigenvalue weighted by Gasteiger charge is -2.31. The average molecular weight is 362 g/mol. The van der Waals surface area contributed by atoms with Gasteiger partial charge in [0.15, 0.2) is 0 Å². The molecule has 1 aromatic rings. The summed E-state index contributed by atoms with van der Waals surface area (Å²) in [5.74, 6) is -1.03. The lowest BCUT2D eigenvalue weighted by Crippen LogP contribution is -2.45. The molecule has 2 amide bonds. The predicted molar refractivity (Wildman–Crippen MR) is 85.1 cm³/mol. The largest absolute Gasteiger partial charge is 0.433 e. The van der Waals surface area contributed by atoms with Crippen molar-refractivity contribution in [2.75, 3.05) is 25.0 Å². The van der Waals surface area contributed by atoms with Gasteiger partial charge in [-0.25, -0.2) is 0 Å². The zero-order valence-corrected chi connectivity index (χ0v) is 13.6. The Morgan fingerprint density at radius 1 is 1.46 bits per heavy atom. The number of halogens is 3. The van der Waals surface area contributed by atoms with Gasteiger partial charge in [-0.1, -0.05) is 11.6 Å². The third kappa shape index (κ3) is 4.95. The summed E-state index contributed by atoms with van der Waals surface area (Å²) in [6.07, 6.45) is 1.42. The molecule has 1 aliphatic heterocycles. The van der Waals surface area contributed by atoms with Crippen LogP contribution >= 0.6 is 11.6 Å². The number of likely N-dealkylation sites (tertiary alicyclic amines) is 1. The highest BCUT2D eigenvalue weighted by Gasteiger charge is 2.26. The Morgan fingerprint density at radius 2 is 2.21 bits per heavy atom. The van der Waals surface area contributed by atoms with E-state index in [0.29, 0.717) is 25.2 Å². The SMILES string of the molecule is NC(=O)C1CCCN(C(=O)CNc2ccc(OC(F)F)c(Cl)c2)C1. The summed E-state index contributed by atoms with van der Waals surface area (Å²) in [6, 6.07) is 4.18. The van der Waals surface area contributed by atoms with Crippen molar-refractivity contribution in [2.45, 2.75) is 19.5 Å². The van der Waals surface area contributed by atoms with E-state index in [4.69, 9.17) is 17.3 Å². The number of carbonyl (C=O) groups is 2. The van der Waals surface area contributed by atoms with Gasteiger partial charge < -0.3 is 20.7 Å². The number of nitrogens with zero attached hydrogens (tertiary/aromatic N) is 1. The normalized spacial score (nSPS) is 17.7. The van der Waals surface area contributed by atoms with Crippen LogP contribution in [0.5, 0.6) is 5.75 Å². The molecular weight excluding hydrogens is 344 g/mol. The highest BCUT2D eigenvalue weighted by Crippen LogP contribution is 2.28. The van der Waals surface area contributed by atoms with Gasteiger partial charge in [0.1, 0.15) is 5.75 Å². The fourth-order valence-corrected chi connectivity index (χ4v) is 2.75. The maximum atomic E-state index is 12.2. The number of amides is 2. The van der Waals surface area contributed by atoms with Crippen molar-refractivity contribution in [2.24, 2.45) is 11.7 Å². The van der Waals surface area contributed by atoms with Crippen LogP contribution < -0.4 is 15.8 Å². The van der Waals surface area contributed by atoms with Crippen LogP contribution in [0.2, 0.25) is 5.02 Å². The molecule has 6 nitrogen and oxygen atoms in total. The molecule has 0 radical (unpaired) electrons. The van der Waals surface area contributed by atoms with E-state index in [0.717, 1.165) is 6.42 Å². The van der Waals surface area contributed by atoms with Gasteiger partial charge in [0.2, 0.25) is 11.8 Å². The van der Waals surface area contributed by atoms with E-state index in [9.17, 15) is 18.4 Å². The third-order valence-corrected chi connectivity index (χ3v) is 4.06. The Bertz CT molecular complexity index is 616. The number of rotatable bonds is 6. The quantitative estimate of drug-likeness (QED) is 0.812. The molecule has 2 rings (SSSR count). The number of benzene rings is 1. The highest BCUT2D eigenvalue weighted by atomic mass is 35.5. The summed E-state index contributed by atoms with van der Waals surface area (Å²) in [6.45, 7) is -2.07. The van der Waals surface area contributed by atoms with E-state index in [2.05, 4.69) is 10.1 Å². The molecule has 1 aromatic carbocycles. The fourth-order valence-electron chi connectivity index (χ4n) is 2.53. The van der Waals surface area contributed by atoms with Gasteiger partial charge >= 0.3 is 6.61 Å². The fraction of sp³-hybridized carbons (Fsp3) is 0.467. The first kappa shape index (κ1) is 18.3. The third-order valence-electron chi connectivity index (χ3n) is 3.77. The van der Waals surface area contributed by atoms with Gasteiger partial charge in [-0.05, 0) is 31.0 Å². The number of ether oxygens (including phenoxy) is 1. The number of nitrogens with two attached hydrogens (primary N) is 1. The molecule has 0 aliphatic carbocycles. The smallest absolute Gasteiger partial charge is 0.387 e. The van der Waals surface area contributed by atoms with E-state index in [-0.39, 0.29) is 29.1 Å². The number of nitrogens with one attached hydrogen (secondary N) is 1. The summed E-state index contributed by atoms with van der Waals surface area (Å²) < 4.78 is 28.6. The molecule has 1 heterocycles. The Hall–Kier alpha value is -2.09. The zero-order chi connectivity index (χ0) is 17.7. The van der Waals surface area contributed by atoms with Crippen LogP contribution in [0.25, 0.3) is 0 Å². The molecule has 1 saturated heterocycles. The van der Waals surface area contributed by atoms with Crippen molar-refractivity contribution in [1.82, 2.24) is 4.90 Å². The number of primary amides is 1. The van der Waals surface area contributed by atoms with Gasteiger partial charge in [-0.3, -0.25) is 9.59 Å². The number of alkyl halides is 2. The standard InChI is InChI=1S/C15H18ClF2N3O3/c16-11-6-10(3-4-12(11)24-15(17)18)20-7-13(22)21-5-1-2-9(8-21)14(19)23/h3-4,6,9,15,20H,1-2,5,7-8H2,(H2,19,23). The molecule has 0 aromatic heterocycles. The molecule has 1 unspecified atom stereocenters. The van der Waals surface area contributed by atoms with Crippen molar-refractivity contribution >= 4 is 29.1 Å². The zero-order valence-electron chi connectivity index (χ0n) is 12.8. The molecule has 132 valence electrons. The Balaban J connectivity index is 1.89. The van der Waals surface area contributed by atoms with Crippen molar-refractivity contribution < 1.29 is 23.1 Å². The second-order valence-electron chi connectivity index (χ2n) is 5.46. The van der Waals surface area contributed by atoms with Crippen LogP contribution in [0.15, 0.2) is 18.2 Å². The maximum Gasteiger partial charge on any atom is 0.387 e. The number of hydrogen-bond donors (Lipinski definition) is 2. The van der Waals surface area contributed by atoms with Gasteiger partial charge in [0, 0.05) is 18.8 Å². The Kier molecular flexibility index (Phi) is 6.19. The topological polar surface area (TPSA) is 84.7 Å². The van der Waals surface area contributed by atoms with Crippen molar-refractivity contribution in [3.63, 3.8) is 0 Å². The highest BCUT2D eigenvalue weighted by molar-refractivity contribution is 6.32. The van der Waals surface area contributed by atoms with Crippen LogP contribution in [0.1, 0.15) is 12.8 Å². The summed E-state index contributed by atoms with van der Waals surface area (Å²) in [5, 5.41) is 2.89. The predicted octanol–water partition coefficient (Wildman–Crippen LogP) is 2.08. The van der Waals surface area contributed by atoms with Crippen LogP contribution in [0.4, 0.5) is 14.5 Å². The van der Waals surface area contributed by atoms with E-state index < -0.39 is 12.5 Å². The first-order valence-corrected chi connectivity index (χ1v) is 7.80. The first-order valence-electron chi connectivity index (χ1n) is 7.42. The maximum absolute atomic E-state index is 12.2. The van der Waals surface area contributed by atoms with E-state index in [1.807, 2.05) is 0 Å². The van der Waals surface area contributed by atoms with Gasteiger partial charge in [0.05, 0.1) is 17.5 Å². The second kappa shape index (κ2) is 8.14. The molecule has 0 bridgehead atoms. The van der Waals surface area contributed by atoms with Gasteiger partial charge in [-0.15, -0.1) is 0 Å². The van der Waals surface area contributed by atoms with Crippen LogP contribution in [0, 0.1) is 5.92 Å². The average Bonchev–Trinajstić information content (AvgIpc) is 2.54. The summed E-state index contributed by atoms with van der Waals surface area (Å²) >= 11 is 5.85. The van der Waals surface area contributed by atoms with Gasteiger partial charge in [-0.2, -0.15) is 8.78 Å². The molecule has 1 fully saturated rings. The molecule has 0 spiro atoms. The Morgan fingerprint density at radius 3 is 2.83 bits per heavy atom.